The van der Waals surface area contributed by atoms with Gasteiger partial charge in [-0.3, -0.25) is 4.18 Å². The van der Waals surface area contributed by atoms with Crippen LogP contribution in [0, 0.1) is 13.5 Å². The average Bonchev–Trinajstić information content (AvgIpc) is 2.93. The van der Waals surface area contributed by atoms with E-state index in [0.717, 1.165) is 5.56 Å². The first kappa shape index (κ1) is 16.9. The molecule has 6 nitrogen and oxygen atoms in total. The van der Waals surface area contributed by atoms with Crippen LogP contribution in [0.3, 0.4) is 0 Å². The summed E-state index contributed by atoms with van der Waals surface area (Å²) in [6.07, 6.45) is 0.402. The van der Waals surface area contributed by atoms with E-state index < -0.39 is 10.1 Å². The van der Waals surface area contributed by atoms with Crippen molar-refractivity contribution in [1.82, 2.24) is 0 Å². The fourth-order valence-electron chi connectivity index (χ4n) is 2.04. The minimum absolute atomic E-state index is 0.0414. The van der Waals surface area contributed by atoms with Gasteiger partial charge in [0.2, 0.25) is 6.54 Å². The molecule has 2 atom stereocenters. The quantitative estimate of drug-likeness (QED) is 0.567. The molecule has 1 fully saturated rings. The number of rotatable bonds is 7. The molecule has 0 N–H and O–H groups in total. The van der Waals surface area contributed by atoms with E-state index in [1.165, 1.54) is 12.1 Å². The van der Waals surface area contributed by atoms with Crippen LogP contribution in [0.5, 0.6) is 0 Å². The molecule has 0 aromatic heterocycles. The molecule has 1 saturated heterocycles. The largest absolute Gasteiger partial charge is 0.350 e. The van der Waals surface area contributed by atoms with Crippen molar-refractivity contribution >= 4 is 10.1 Å². The molecule has 2 unspecified atom stereocenters. The molecule has 1 aliphatic heterocycles. The Kier molecular flexibility index (Phi) is 5.91. The zero-order chi connectivity index (χ0) is 16.0. The third kappa shape index (κ3) is 4.78. The van der Waals surface area contributed by atoms with Crippen LogP contribution in [0.2, 0.25) is 0 Å². The van der Waals surface area contributed by atoms with Crippen LogP contribution < -0.4 is 0 Å². The Balaban J connectivity index is 1.77. The second-order valence-electron chi connectivity index (χ2n) is 5.07. The monoisotopic (exact) mass is 325 g/mol. The third-order valence-electron chi connectivity index (χ3n) is 3.28. The van der Waals surface area contributed by atoms with Crippen LogP contribution in [0.4, 0.5) is 0 Å². The van der Waals surface area contributed by atoms with Crippen molar-refractivity contribution < 1.29 is 22.1 Å². The third-order valence-corrected chi connectivity index (χ3v) is 4.60. The van der Waals surface area contributed by atoms with Gasteiger partial charge in [-0.05, 0) is 19.1 Å². The molecule has 0 spiro atoms. The van der Waals surface area contributed by atoms with Crippen LogP contribution >= 0.6 is 0 Å². The number of aryl methyl sites for hydroxylation is 1. The molecule has 1 aromatic rings. The highest BCUT2D eigenvalue weighted by atomic mass is 32.2. The molecular weight excluding hydrogens is 306 g/mol. The summed E-state index contributed by atoms with van der Waals surface area (Å²) in [5.41, 5.74) is 0.987. The zero-order valence-electron chi connectivity index (χ0n) is 12.4. The Hall–Kier alpha value is -1.46. The molecule has 120 valence electrons. The SMILES string of the molecule is [C-]#[N+]CCC1OCC(CCOS(=O)(=O)c2ccc(C)cc2)O1. The molecular formula is C15H19NO5S. The van der Waals surface area contributed by atoms with E-state index in [4.69, 9.17) is 20.2 Å². The van der Waals surface area contributed by atoms with Crippen molar-refractivity contribution in [2.75, 3.05) is 19.8 Å². The normalized spacial score (nSPS) is 21.6. The van der Waals surface area contributed by atoms with Gasteiger partial charge < -0.3 is 14.3 Å². The molecule has 0 aliphatic carbocycles. The first-order valence-corrected chi connectivity index (χ1v) is 8.48. The lowest BCUT2D eigenvalue weighted by Gasteiger charge is -2.10. The van der Waals surface area contributed by atoms with Crippen molar-refractivity contribution in [2.24, 2.45) is 0 Å². The summed E-state index contributed by atoms with van der Waals surface area (Å²) in [5.74, 6) is 0. The lowest BCUT2D eigenvalue weighted by Crippen LogP contribution is -2.17. The van der Waals surface area contributed by atoms with Gasteiger partial charge in [-0.25, -0.2) is 6.57 Å². The van der Waals surface area contributed by atoms with Gasteiger partial charge in [0.15, 0.2) is 6.29 Å². The lowest BCUT2D eigenvalue weighted by molar-refractivity contribution is -0.0610. The van der Waals surface area contributed by atoms with Crippen molar-refractivity contribution in [3.63, 3.8) is 0 Å². The van der Waals surface area contributed by atoms with E-state index in [0.29, 0.717) is 26.0 Å². The van der Waals surface area contributed by atoms with E-state index in [1.54, 1.807) is 12.1 Å². The van der Waals surface area contributed by atoms with Gasteiger partial charge in [0, 0.05) is 6.42 Å². The van der Waals surface area contributed by atoms with Crippen molar-refractivity contribution in [2.45, 2.75) is 37.1 Å². The highest BCUT2D eigenvalue weighted by Crippen LogP contribution is 2.19. The smallest absolute Gasteiger partial charge is 0.296 e. The molecule has 0 bridgehead atoms. The summed E-state index contributed by atoms with van der Waals surface area (Å²) in [6, 6.07) is 6.51. The first-order chi connectivity index (χ1) is 10.5. The van der Waals surface area contributed by atoms with Gasteiger partial charge >= 0.3 is 0 Å². The topological polar surface area (TPSA) is 66.2 Å². The Morgan fingerprint density at radius 1 is 1.32 bits per heavy atom. The highest BCUT2D eigenvalue weighted by molar-refractivity contribution is 7.86. The van der Waals surface area contributed by atoms with E-state index in [2.05, 4.69) is 4.85 Å². The standard InChI is InChI=1S/C15H19NO5S/c1-12-3-5-14(6-4-12)22(17,18)20-10-8-13-11-19-15(21-13)7-9-16-2/h3-6,13,15H,7-11H2,1H3. The number of benzene rings is 1. The maximum absolute atomic E-state index is 12.0. The van der Waals surface area contributed by atoms with Gasteiger partial charge in [0.05, 0.1) is 30.6 Å². The number of nitrogens with zero attached hydrogens (tertiary/aromatic N) is 1. The molecule has 1 heterocycles. The highest BCUT2D eigenvalue weighted by Gasteiger charge is 2.27. The van der Waals surface area contributed by atoms with Gasteiger partial charge in [-0.15, -0.1) is 0 Å². The Morgan fingerprint density at radius 2 is 2.05 bits per heavy atom. The molecule has 22 heavy (non-hydrogen) atoms. The van der Waals surface area contributed by atoms with Gasteiger partial charge in [-0.2, -0.15) is 8.42 Å². The Labute approximate surface area is 130 Å². The average molecular weight is 325 g/mol. The van der Waals surface area contributed by atoms with E-state index in [9.17, 15) is 8.42 Å². The van der Waals surface area contributed by atoms with Crippen LogP contribution in [-0.2, 0) is 23.8 Å². The molecule has 0 radical (unpaired) electrons. The van der Waals surface area contributed by atoms with Gasteiger partial charge in [0.1, 0.15) is 0 Å². The van der Waals surface area contributed by atoms with Crippen LogP contribution in [0.25, 0.3) is 4.85 Å². The van der Waals surface area contributed by atoms with Crippen LogP contribution in [0.15, 0.2) is 29.2 Å². The summed E-state index contributed by atoms with van der Waals surface area (Å²) in [4.78, 5) is 3.39. The van der Waals surface area contributed by atoms with Crippen molar-refractivity contribution in [3.05, 3.63) is 41.2 Å². The second-order valence-corrected chi connectivity index (χ2v) is 6.68. The zero-order valence-corrected chi connectivity index (χ0v) is 13.2. The lowest BCUT2D eigenvalue weighted by atomic mass is 10.2. The molecule has 1 aliphatic rings. The van der Waals surface area contributed by atoms with E-state index in [1.807, 2.05) is 6.92 Å². The summed E-state index contributed by atoms with van der Waals surface area (Å²) in [5, 5.41) is 0. The van der Waals surface area contributed by atoms with E-state index >= 15 is 0 Å². The first-order valence-electron chi connectivity index (χ1n) is 7.07. The summed E-state index contributed by atoms with van der Waals surface area (Å²) in [7, 11) is -3.73. The fourth-order valence-corrected chi connectivity index (χ4v) is 2.96. The maximum Gasteiger partial charge on any atom is 0.296 e. The predicted molar refractivity (Wildman–Crippen MR) is 79.6 cm³/mol. The van der Waals surface area contributed by atoms with Crippen LogP contribution in [0.1, 0.15) is 18.4 Å². The molecule has 7 heteroatoms. The Bertz CT molecular complexity index is 620. The molecule has 1 aromatic carbocycles. The minimum atomic E-state index is -3.73. The summed E-state index contributed by atoms with van der Waals surface area (Å²) in [6.45, 7) is 9.40. The number of hydrogen-bond donors (Lipinski definition) is 0. The molecule has 2 rings (SSSR count). The van der Waals surface area contributed by atoms with Crippen molar-refractivity contribution in [1.29, 1.82) is 0 Å². The predicted octanol–water partition coefficient (Wildman–Crippen LogP) is 2.14. The molecule has 0 amide bonds. The summed E-state index contributed by atoms with van der Waals surface area (Å²) >= 11 is 0. The second kappa shape index (κ2) is 7.70. The molecule has 0 saturated carbocycles. The van der Waals surface area contributed by atoms with Crippen molar-refractivity contribution in [3.8, 4) is 0 Å². The number of ether oxygens (including phenoxy) is 2. The van der Waals surface area contributed by atoms with Crippen LogP contribution in [-0.4, -0.2) is 40.6 Å². The minimum Gasteiger partial charge on any atom is -0.350 e. The number of hydrogen-bond acceptors (Lipinski definition) is 5. The van der Waals surface area contributed by atoms with E-state index in [-0.39, 0.29) is 23.9 Å². The maximum atomic E-state index is 12.0. The Morgan fingerprint density at radius 3 is 2.73 bits per heavy atom. The van der Waals surface area contributed by atoms with Gasteiger partial charge in [-0.1, -0.05) is 17.7 Å². The van der Waals surface area contributed by atoms with Gasteiger partial charge in [0.25, 0.3) is 10.1 Å². The fraction of sp³-hybridized carbons (Fsp3) is 0.533. The summed E-state index contributed by atoms with van der Waals surface area (Å²) < 4.78 is 39.9.